The van der Waals surface area contributed by atoms with Gasteiger partial charge in [-0.15, -0.1) is 0 Å². The number of aromatic nitrogens is 2. The van der Waals surface area contributed by atoms with E-state index in [9.17, 15) is 14.7 Å². The maximum Gasteiger partial charge on any atom is 0.410 e. The van der Waals surface area contributed by atoms with E-state index in [1.807, 2.05) is 80.3 Å². The maximum absolute atomic E-state index is 13.0. The van der Waals surface area contributed by atoms with Crippen LogP contribution in [0.4, 0.5) is 16.4 Å². The first-order valence-corrected chi connectivity index (χ1v) is 13.3. The molecule has 2 amide bonds. The summed E-state index contributed by atoms with van der Waals surface area (Å²) < 4.78 is 5.59. The molecule has 3 aromatic rings. The number of hydrogen-bond acceptors (Lipinski definition) is 7. The van der Waals surface area contributed by atoms with Crippen LogP contribution in [-0.4, -0.2) is 63.3 Å². The molecule has 1 aliphatic heterocycles. The van der Waals surface area contributed by atoms with Crippen LogP contribution in [0.5, 0.6) is 0 Å². The largest absolute Gasteiger partial charge is 0.444 e. The first kappa shape index (κ1) is 28.0. The van der Waals surface area contributed by atoms with E-state index in [2.05, 4.69) is 15.3 Å². The van der Waals surface area contributed by atoms with Crippen molar-refractivity contribution in [2.75, 3.05) is 29.9 Å². The summed E-state index contributed by atoms with van der Waals surface area (Å²) in [4.78, 5) is 38.0. The number of nitrogens with zero attached hydrogens (tertiary/aromatic N) is 4. The van der Waals surface area contributed by atoms with Crippen LogP contribution < -0.4 is 10.2 Å². The van der Waals surface area contributed by atoms with E-state index in [4.69, 9.17) is 4.74 Å². The van der Waals surface area contributed by atoms with Gasteiger partial charge in [0.05, 0.1) is 12.6 Å². The number of nitrogens with one attached hydrogen (secondary N) is 1. The lowest BCUT2D eigenvalue weighted by Crippen LogP contribution is -2.40. The molecular formula is C30H37N5O4. The zero-order valence-electron chi connectivity index (χ0n) is 22.8. The summed E-state index contributed by atoms with van der Waals surface area (Å²) in [5.41, 5.74) is 1.80. The van der Waals surface area contributed by atoms with Gasteiger partial charge in [0.25, 0.3) is 0 Å². The molecule has 4 rings (SSSR count). The Morgan fingerprint density at radius 1 is 1.08 bits per heavy atom. The Morgan fingerprint density at radius 3 is 2.44 bits per heavy atom. The minimum Gasteiger partial charge on any atom is -0.444 e. The van der Waals surface area contributed by atoms with E-state index in [0.717, 1.165) is 30.5 Å². The quantitative estimate of drug-likeness (QED) is 0.416. The molecule has 206 valence electrons. The molecule has 0 bridgehead atoms. The van der Waals surface area contributed by atoms with Crippen molar-refractivity contribution in [3.63, 3.8) is 0 Å². The van der Waals surface area contributed by atoms with Gasteiger partial charge in [-0.3, -0.25) is 4.79 Å². The molecule has 1 saturated heterocycles. The molecule has 0 aliphatic carbocycles. The van der Waals surface area contributed by atoms with E-state index in [-0.39, 0.29) is 18.5 Å². The van der Waals surface area contributed by atoms with Crippen LogP contribution in [0.25, 0.3) is 0 Å². The molecule has 39 heavy (non-hydrogen) atoms. The highest BCUT2D eigenvalue weighted by Crippen LogP contribution is 2.23. The Kier molecular flexibility index (Phi) is 9.14. The summed E-state index contributed by atoms with van der Waals surface area (Å²) in [6, 6.07) is 18.3. The highest BCUT2D eigenvalue weighted by molar-refractivity contribution is 5.97. The predicted molar refractivity (Wildman–Crippen MR) is 150 cm³/mol. The number of hydrogen-bond donors (Lipinski definition) is 2. The lowest BCUT2D eigenvalue weighted by molar-refractivity contribution is -0.117. The number of amides is 2. The first-order chi connectivity index (χ1) is 18.7. The second-order valence-electron chi connectivity index (χ2n) is 10.7. The minimum atomic E-state index is -0.826. The minimum absolute atomic E-state index is 0.0845. The predicted octanol–water partition coefficient (Wildman–Crippen LogP) is 4.60. The maximum atomic E-state index is 13.0. The SMILES string of the molecule is CC(C)(C)OC(=O)N(CCc1ccc(NC(=O)[C@@H]2CCCN2c2ncccn2)cc1)C[C@H](O)c1ccccc1. The number of carbonyl (C=O) groups excluding carboxylic acids is 2. The number of aliphatic hydroxyl groups excluding tert-OH is 1. The third kappa shape index (κ3) is 8.00. The Labute approximate surface area is 229 Å². The van der Waals surface area contributed by atoms with Crippen molar-refractivity contribution >= 4 is 23.6 Å². The zero-order valence-corrected chi connectivity index (χ0v) is 22.8. The number of ether oxygens (including phenoxy) is 1. The van der Waals surface area contributed by atoms with Gasteiger partial charge in [-0.2, -0.15) is 0 Å². The van der Waals surface area contributed by atoms with E-state index < -0.39 is 17.8 Å². The van der Waals surface area contributed by atoms with Gasteiger partial charge in [-0.25, -0.2) is 14.8 Å². The van der Waals surface area contributed by atoms with Gasteiger partial charge >= 0.3 is 6.09 Å². The van der Waals surface area contributed by atoms with Crippen molar-refractivity contribution < 1.29 is 19.4 Å². The summed E-state index contributed by atoms with van der Waals surface area (Å²) >= 11 is 0. The number of carbonyl (C=O) groups is 2. The molecule has 2 aromatic carbocycles. The fraction of sp³-hybridized carbons (Fsp3) is 0.400. The van der Waals surface area contributed by atoms with Gasteiger partial charge in [-0.1, -0.05) is 42.5 Å². The summed E-state index contributed by atoms with van der Waals surface area (Å²) in [6.07, 6.45) is 4.29. The van der Waals surface area contributed by atoms with Crippen molar-refractivity contribution in [1.29, 1.82) is 0 Å². The molecular weight excluding hydrogens is 494 g/mol. The second kappa shape index (κ2) is 12.7. The summed E-state index contributed by atoms with van der Waals surface area (Å²) in [6.45, 7) is 6.70. The van der Waals surface area contributed by atoms with Crippen LogP contribution in [0.15, 0.2) is 73.1 Å². The zero-order chi connectivity index (χ0) is 27.8. The monoisotopic (exact) mass is 531 g/mol. The van der Waals surface area contributed by atoms with Gasteiger partial charge in [0.1, 0.15) is 11.6 Å². The molecule has 1 aromatic heterocycles. The van der Waals surface area contributed by atoms with Crippen LogP contribution in [0.3, 0.4) is 0 Å². The molecule has 9 nitrogen and oxygen atoms in total. The van der Waals surface area contributed by atoms with Crippen molar-refractivity contribution in [1.82, 2.24) is 14.9 Å². The number of aliphatic hydroxyl groups is 1. The Bertz CT molecular complexity index is 1220. The molecule has 9 heteroatoms. The molecule has 0 unspecified atom stereocenters. The van der Waals surface area contributed by atoms with E-state index in [1.165, 1.54) is 0 Å². The summed E-state index contributed by atoms with van der Waals surface area (Å²) in [5.74, 6) is 0.483. The number of benzene rings is 2. The van der Waals surface area contributed by atoms with E-state index >= 15 is 0 Å². The van der Waals surface area contributed by atoms with Crippen molar-refractivity contribution in [2.24, 2.45) is 0 Å². The Morgan fingerprint density at radius 2 is 1.77 bits per heavy atom. The molecule has 1 aliphatic rings. The van der Waals surface area contributed by atoms with Gasteiger partial charge in [0, 0.05) is 31.2 Å². The third-order valence-corrected chi connectivity index (χ3v) is 6.49. The molecule has 0 spiro atoms. The van der Waals surface area contributed by atoms with E-state index in [1.54, 1.807) is 23.4 Å². The topological polar surface area (TPSA) is 108 Å². The van der Waals surface area contributed by atoms with Gasteiger partial charge in [0.15, 0.2) is 0 Å². The third-order valence-electron chi connectivity index (χ3n) is 6.49. The molecule has 0 saturated carbocycles. The highest BCUT2D eigenvalue weighted by Gasteiger charge is 2.32. The van der Waals surface area contributed by atoms with Crippen LogP contribution >= 0.6 is 0 Å². The van der Waals surface area contributed by atoms with Crippen LogP contribution in [0.1, 0.15) is 50.8 Å². The second-order valence-corrected chi connectivity index (χ2v) is 10.7. The van der Waals surface area contributed by atoms with Crippen molar-refractivity contribution in [3.8, 4) is 0 Å². The van der Waals surface area contributed by atoms with Crippen LogP contribution in [0, 0.1) is 0 Å². The smallest absolute Gasteiger partial charge is 0.410 e. The Hall–Kier alpha value is -3.98. The van der Waals surface area contributed by atoms with Crippen molar-refractivity contribution in [2.45, 2.75) is 57.8 Å². The summed E-state index contributed by atoms with van der Waals surface area (Å²) in [7, 11) is 0. The van der Waals surface area contributed by atoms with Crippen LogP contribution in [-0.2, 0) is 16.0 Å². The molecule has 1 fully saturated rings. The lowest BCUT2D eigenvalue weighted by atomic mass is 10.1. The van der Waals surface area contributed by atoms with Gasteiger partial charge in [-0.05, 0) is 69.4 Å². The number of anilines is 2. The lowest BCUT2D eigenvalue weighted by Gasteiger charge is -2.29. The average molecular weight is 532 g/mol. The fourth-order valence-corrected chi connectivity index (χ4v) is 4.54. The molecule has 0 radical (unpaired) electrons. The first-order valence-electron chi connectivity index (χ1n) is 13.3. The van der Waals surface area contributed by atoms with E-state index in [0.29, 0.717) is 24.6 Å². The molecule has 2 heterocycles. The van der Waals surface area contributed by atoms with Crippen molar-refractivity contribution in [3.05, 3.63) is 84.2 Å². The standard InChI is InChI=1S/C30H37N5O4/c1-30(2,3)39-29(38)34(21-26(36)23-9-5-4-6-10-23)20-16-22-12-14-24(15-13-22)33-27(37)25-11-7-19-35(25)28-31-17-8-18-32-28/h4-6,8-10,12-15,17-18,25-26,36H,7,11,16,19-21H2,1-3H3,(H,33,37)/t25-,26-/m0/s1. The average Bonchev–Trinajstić information content (AvgIpc) is 3.42. The fourth-order valence-electron chi connectivity index (χ4n) is 4.54. The summed E-state index contributed by atoms with van der Waals surface area (Å²) in [5, 5.41) is 13.7. The normalized spacial score (nSPS) is 16.0. The number of rotatable bonds is 9. The van der Waals surface area contributed by atoms with Gasteiger partial charge in [0.2, 0.25) is 11.9 Å². The molecule has 2 atom stereocenters. The van der Waals surface area contributed by atoms with Crippen LogP contribution in [0.2, 0.25) is 0 Å². The highest BCUT2D eigenvalue weighted by atomic mass is 16.6. The van der Waals surface area contributed by atoms with Gasteiger partial charge < -0.3 is 25.0 Å². The Balaban J connectivity index is 1.36. The molecule has 2 N–H and O–H groups in total.